The molecule has 27 heavy (non-hydrogen) atoms. The minimum Gasteiger partial charge on any atom is -0.488 e. The molecule has 0 saturated carbocycles. The van der Waals surface area contributed by atoms with Crippen LogP contribution in [0, 0.1) is 0 Å². The summed E-state index contributed by atoms with van der Waals surface area (Å²) in [5.41, 5.74) is 6.58. The first-order chi connectivity index (χ1) is 13.2. The fraction of sp³-hybridized carbons (Fsp3) is 0.0455. The van der Waals surface area contributed by atoms with Crippen LogP contribution in [0.25, 0.3) is 22.7 Å². The smallest absolute Gasteiger partial charge is 0.323 e. The van der Waals surface area contributed by atoms with Gasteiger partial charge in [0, 0.05) is 10.6 Å². The average molecular weight is 375 g/mol. The Hall–Kier alpha value is -3.24. The zero-order chi connectivity index (χ0) is 18.4. The minimum atomic E-state index is -0.206. The molecule has 3 aromatic carbocycles. The van der Waals surface area contributed by atoms with Crippen molar-refractivity contribution in [1.82, 2.24) is 9.97 Å². The van der Waals surface area contributed by atoms with Gasteiger partial charge in [-0.2, -0.15) is 0 Å². The molecular formula is C22H15ClN2O2. The van der Waals surface area contributed by atoms with E-state index in [1.54, 1.807) is 0 Å². The van der Waals surface area contributed by atoms with Crippen molar-refractivity contribution in [2.45, 2.75) is 6.61 Å². The third-order valence-corrected chi connectivity index (χ3v) is 5.00. The van der Waals surface area contributed by atoms with Crippen LogP contribution >= 0.6 is 11.6 Å². The van der Waals surface area contributed by atoms with Crippen LogP contribution in [0.5, 0.6) is 5.75 Å². The molecular weight excluding hydrogens is 360 g/mol. The molecule has 1 aromatic heterocycles. The fourth-order valence-corrected chi connectivity index (χ4v) is 3.72. The SMILES string of the molecule is O=c1[nH]c2ccc(/C=C3\c4ccc(Cl)cc4COc4ccccc43)cc2[nH]1. The van der Waals surface area contributed by atoms with Gasteiger partial charge in [-0.1, -0.05) is 41.9 Å². The Bertz CT molecular complexity index is 1270. The molecule has 0 fully saturated rings. The number of nitrogens with one attached hydrogen (secondary N) is 2. The number of H-pyrrole nitrogens is 2. The summed E-state index contributed by atoms with van der Waals surface area (Å²) < 4.78 is 6.02. The summed E-state index contributed by atoms with van der Waals surface area (Å²) in [6.45, 7) is 0.467. The van der Waals surface area contributed by atoms with E-state index in [4.69, 9.17) is 16.3 Å². The molecule has 5 heteroatoms. The number of hydrogen-bond acceptors (Lipinski definition) is 2. The van der Waals surface area contributed by atoms with Gasteiger partial charge in [-0.3, -0.25) is 0 Å². The number of benzene rings is 3. The van der Waals surface area contributed by atoms with E-state index in [2.05, 4.69) is 22.1 Å². The topological polar surface area (TPSA) is 57.9 Å². The normalized spacial score (nSPS) is 14.5. The standard InChI is InChI=1S/C22H15ClN2O2/c23-15-6-7-16-14(11-15)12-27-21-4-2-1-3-17(21)18(16)9-13-5-8-19-20(10-13)25-22(26)24-19/h1-11H,12H2,(H2,24,25,26)/b18-9+. The lowest BCUT2D eigenvalue weighted by Gasteiger charge is -2.11. The van der Waals surface area contributed by atoms with Gasteiger partial charge in [-0.25, -0.2) is 4.79 Å². The van der Waals surface area contributed by atoms with Gasteiger partial charge < -0.3 is 14.7 Å². The Balaban J connectivity index is 1.75. The van der Waals surface area contributed by atoms with Crippen molar-refractivity contribution in [3.05, 3.63) is 98.4 Å². The van der Waals surface area contributed by atoms with E-state index in [0.717, 1.165) is 44.6 Å². The van der Waals surface area contributed by atoms with Crippen molar-refractivity contribution in [2.75, 3.05) is 0 Å². The Morgan fingerprint density at radius 3 is 2.70 bits per heavy atom. The molecule has 4 nitrogen and oxygen atoms in total. The monoisotopic (exact) mass is 374 g/mol. The second-order valence-corrected chi connectivity index (χ2v) is 6.96. The number of imidazole rings is 1. The molecule has 4 aromatic rings. The number of ether oxygens (including phenoxy) is 1. The highest BCUT2D eigenvalue weighted by molar-refractivity contribution is 6.30. The predicted octanol–water partition coefficient (Wildman–Crippen LogP) is 4.99. The number of rotatable bonds is 1. The molecule has 1 aliphatic heterocycles. The molecule has 2 heterocycles. The zero-order valence-electron chi connectivity index (χ0n) is 14.3. The summed E-state index contributed by atoms with van der Waals surface area (Å²) in [7, 11) is 0. The van der Waals surface area contributed by atoms with Crippen LogP contribution in [0.1, 0.15) is 22.3 Å². The lowest BCUT2D eigenvalue weighted by atomic mass is 9.92. The quantitative estimate of drug-likeness (QED) is 0.493. The number of hydrogen-bond donors (Lipinski definition) is 2. The molecule has 0 spiro atoms. The Morgan fingerprint density at radius 1 is 0.926 bits per heavy atom. The molecule has 132 valence electrons. The van der Waals surface area contributed by atoms with E-state index in [9.17, 15) is 4.79 Å². The van der Waals surface area contributed by atoms with Crippen molar-refractivity contribution in [3.8, 4) is 5.75 Å². The van der Waals surface area contributed by atoms with Gasteiger partial charge in [-0.05, 0) is 58.7 Å². The Morgan fingerprint density at radius 2 is 1.78 bits per heavy atom. The third-order valence-electron chi connectivity index (χ3n) is 4.77. The highest BCUT2D eigenvalue weighted by Crippen LogP contribution is 2.38. The summed E-state index contributed by atoms with van der Waals surface area (Å²) in [6, 6.07) is 19.7. The van der Waals surface area contributed by atoms with Gasteiger partial charge in [0.25, 0.3) is 0 Å². The maximum absolute atomic E-state index is 11.5. The van der Waals surface area contributed by atoms with Crippen LogP contribution in [-0.2, 0) is 6.61 Å². The van der Waals surface area contributed by atoms with Crippen LogP contribution in [0.2, 0.25) is 5.02 Å². The lowest BCUT2D eigenvalue weighted by molar-refractivity contribution is 0.307. The van der Waals surface area contributed by atoms with E-state index in [0.29, 0.717) is 11.6 Å². The van der Waals surface area contributed by atoms with Crippen molar-refractivity contribution >= 4 is 34.3 Å². The average Bonchev–Trinajstić information content (AvgIpc) is 2.97. The number of aromatic nitrogens is 2. The molecule has 0 aliphatic carbocycles. The second kappa shape index (κ2) is 6.18. The van der Waals surface area contributed by atoms with E-state index >= 15 is 0 Å². The summed E-state index contributed by atoms with van der Waals surface area (Å²) in [4.78, 5) is 17.1. The van der Waals surface area contributed by atoms with Gasteiger partial charge in [-0.15, -0.1) is 0 Å². The highest BCUT2D eigenvalue weighted by atomic mass is 35.5. The van der Waals surface area contributed by atoms with Crippen molar-refractivity contribution in [1.29, 1.82) is 0 Å². The van der Waals surface area contributed by atoms with E-state index in [1.165, 1.54) is 0 Å². The first kappa shape index (κ1) is 16.0. The largest absolute Gasteiger partial charge is 0.488 e. The van der Waals surface area contributed by atoms with Crippen LogP contribution < -0.4 is 10.4 Å². The zero-order valence-corrected chi connectivity index (χ0v) is 15.0. The molecule has 0 unspecified atom stereocenters. The maximum Gasteiger partial charge on any atom is 0.323 e. The van der Waals surface area contributed by atoms with Gasteiger partial charge in [0.05, 0.1) is 11.0 Å². The lowest BCUT2D eigenvalue weighted by Crippen LogP contribution is -1.99. The number of fused-ring (bicyclic) bond motifs is 3. The van der Waals surface area contributed by atoms with E-state index in [-0.39, 0.29) is 5.69 Å². The second-order valence-electron chi connectivity index (χ2n) is 6.53. The van der Waals surface area contributed by atoms with Crippen LogP contribution in [0.4, 0.5) is 0 Å². The first-order valence-electron chi connectivity index (χ1n) is 8.62. The van der Waals surface area contributed by atoms with Crippen LogP contribution in [0.15, 0.2) is 65.5 Å². The summed E-state index contributed by atoms with van der Waals surface area (Å²) in [5.74, 6) is 0.840. The molecule has 2 N–H and O–H groups in total. The predicted molar refractivity (Wildman–Crippen MR) is 108 cm³/mol. The van der Waals surface area contributed by atoms with Crippen molar-refractivity contribution in [2.24, 2.45) is 0 Å². The van der Waals surface area contributed by atoms with Crippen LogP contribution in [0.3, 0.4) is 0 Å². The first-order valence-corrected chi connectivity index (χ1v) is 9.00. The maximum atomic E-state index is 11.5. The van der Waals surface area contributed by atoms with Gasteiger partial charge in [0.1, 0.15) is 12.4 Å². The Labute approximate surface area is 160 Å². The van der Waals surface area contributed by atoms with Crippen molar-refractivity contribution in [3.63, 3.8) is 0 Å². The van der Waals surface area contributed by atoms with E-state index in [1.807, 2.05) is 54.6 Å². The molecule has 0 saturated heterocycles. The van der Waals surface area contributed by atoms with Gasteiger partial charge in [0.2, 0.25) is 0 Å². The molecule has 0 atom stereocenters. The Kier molecular flexibility index (Phi) is 3.66. The van der Waals surface area contributed by atoms with Crippen molar-refractivity contribution < 1.29 is 4.74 Å². The molecule has 0 bridgehead atoms. The van der Waals surface area contributed by atoms with Crippen LogP contribution in [-0.4, -0.2) is 9.97 Å². The molecule has 0 radical (unpaired) electrons. The molecule has 5 rings (SSSR count). The number of aromatic amines is 2. The molecule has 1 aliphatic rings. The highest BCUT2D eigenvalue weighted by Gasteiger charge is 2.19. The fourth-order valence-electron chi connectivity index (χ4n) is 3.52. The number of halogens is 1. The number of para-hydroxylation sites is 1. The molecule has 0 amide bonds. The summed E-state index contributed by atoms with van der Waals surface area (Å²) >= 11 is 6.20. The van der Waals surface area contributed by atoms with Gasteiger partial charge >= 0.3 is 5.69 Å². The minimum absolute atomic E-state index is 0.206. The van der Waals surface area contributed by atoms with E-state index < -0.39 is 0 Å². The summed E-state index contributed by atoms with van der Waals surface area (Å²) in [5, 5.41) is 0.689. The third kappa shape index (κ3) is 2.84. The van der Waals surface area contributed by atoms with Gasteiger partial charge in [0.15, 0.2) is 0 Å². The summed E-state index contributed by atoms with van der Waals surface area (Å²) in [6.07, 6.45) is 2.12.